The number of halogens is 1. The number of hydrogen-bond acceptors (Lipinski definition) is 7. The van der Waals surface area contributed by atoms with Crippen LogP contribution in [0.4, 0.5) is 4.39 Å². The van der Waals surface area contributed by atoms with Gasteiger partial charge in [-0.25, -0.2) is 4.39 Å². The molecule has 2 aromatic heterocycles. The lowest BCUT2D eigenvalue weighted by atomic mass is 10.1. The molecule has 166 valence electrons. The average molecular weight is 453 g/mol. The Morgan fingerprint density at radius 3 is 2.44 bits per heavy atom. The third-order valence-corrected chi connectivity index (χ3v) is 6.22. The van der Waals surface area contributed by atoms with Crippen LogP contribution in [0.15, 0.2) is 58.2 Å². The van der Waals surface area contributed by atoms with Crippen molar-refractivity contribution in [3.8, 4) is 17.1 Å². The van der Waals surface area contributed by atoms with E-state index in [2.05, 4.69) is 39.4 Å². The Balaban J connectivity index is 1.57. The Kier molecular flexibility index (Phi) is 6.66. The Hall–Kier alpha value is -3.04. The third-order valence-electron chi connectivity index (χ3n) is 5.30. The number of hydrogen-bond donors (Lipinski definition) is 0. The molecule has 0 amide bonds. The van der Waals surface area contributed by atoms with Crippen LogP contribution < -0.4 is 0 Å². The molecule has 2 heterocycles. The first-order valence-electron chi connectivity index (χ1n) is 10.4. The summed E-state index contributed by atoms with van der Waals surface area (Å²) in [5, 5.41) is 13.6. The number of benzene rings is 2. The Morgan fingerprint density at radius 1 is 1.06 bits per heavy atom. The predicted molar refractivity (Wildman–Crippen MR) is 122 cm³/mol. The predicted octanol–water partition coefficient (Wildman–Crippen LogP) is 4.93. The summed E-state index contributed by atoms with van der Waals surface area (Å²) in [6, 6.07) is 14.5. The fraction of sp³-hybridized carbons (Fsp3) is 0.304. The highest BCUT2D eigenvalue weighted by atomic mass is 32.2. The van der Waals surface area contributed by atoms with Crippen molar-refractivity contribution in [1.29, 1.82) is 0 Å². The monoisotopic (exact) mass is 452 g/mol. The van der Waals surface area contributed by atoms with Gasteiger partial charge in [-0.1, -0.05) is 48.1 Å². The zero-order valence-corrected chi connectivity index (χ0v) is 19.3. The molecule has 0 aliphatic heterocycles. The average Bonchev–Trinajstić information content (AvgIpc) is 3.45. The van der Waals surface area contributed by atoms with Gasteiger partial charge >= 0.3 is 0 Å². The zero-order chi connectivity index (χ0) is 22.7. The van der Waals surface area contributed by atoms with Gasteiger partial charge in [0.15, 0.2) is 11.0 Å². The largest absolute Gasteiger partial charge is 0.338 e. The maximum Gasteiger partial charge on any atom is 0.237 e. The van der Waals surface area contributed by atoms with Crippen molar-refractivity contribution in [3.05, 3.63) is 71.6 Å². The quantitative estimate of drug-likeness (QED) is 0.351. The summed E-state index contributed by atoms with van der Waals surface area (Å²) in [6.07, 6.45) is 0.984. The van der Waals surface area contributed by atoms with Gasteiger partial charge in [-0.3, -0.25) is 9.47 Å². The molecule has 1 atom stereocenters. The van der Waals surface area contributed by atoms with Gasteiger partial charge in [0, 0.05) is 11.3 Å². The molecular weight excluding hydrogens is 427 g/mol. The highest BCUT2D eigenvalue weighted by Gasteiger charge is 2.21. The number of aryl methyl sites for hydroxylation is 1. The second-order valence-electron chi connectivity index (χ2n) is 7.64. The molecule has 0 aliphatic rings. The normalized spacial score (nSPS) is 12.4. The summed E-state index contributed by atoms with van der Waals surface area (Å²) in [5.74, 6) is 1.98. The van der Waals surface area contributed by atoms with Gasteiger partial charge in [-0.15, -0.1) is 10.2 Å². The lowest BCUT2D eigenvalue weighted by Crippen LogP contribution is -2.20. The standard InChI is InChI=1S/C23H25FN6OS/c1-5-16-6-8-17(9-7-16)21-25-20(31-28-21)14-32-23-27-26-22(15(2)29(3)4)30(23)19-12-10-18(24)11-13-19/h6-13,15H,5,14H2,1-4H3/t15-/m1/s1. The summed E-state index contributed by atoms with van der Waals surface area (Å²) in [4.78, 5) is 6.57. The van der Waals surface area contributed by atoms with Gasteiger partial charge in [0.05, 0.1) is 11.8 Å². The van der Waals surface area contributed by atoms with Crippen LogP contribution in [-0.4, -0.2) is 43.9 Å². The van der Waals surface area contributed by atoms with E-state index in [0.717, 1.165) is 23.5 Å². The topological polar surface area (TPSA) is 72.9 Å². The molecule has 32 heavy (non-hydrogen) atoms. The van der Waals surface area contributed by atoms with E-state index in [1.165, 1.54) is 29.5 Å². The second kappa shape index (κ2) is 9.62. The van der Waals surface area contributed by atoms with E-state index in [1.54, 1.807) is 12.1 Å². The van der Waals surface area contributed by atoms with Gasteiger partial charge in [0.25, 0.3) is 0 Å². The van der Waals surface area contributed by atoms with E-state index < -0.39 is 0 Å². The van der Waals surface area contributed by atoms with E-state index in [0.29, 0.717) is 22.6 Å². The smallest absolute Gasteiger partial charge is 0.237 e. The van der Waals surface area contributed by atoms with Gasteiger partial charge < -0.3 is 4.52 Å². The summed E-state index contributed by atoms with van der Waals surface area (Å²) < 4.78 is 20.9. The van der Waals surface area contributed by atoms with Gasteiger partial charge in [-0.05, 0) is 57.3 Å². The van der Waals surface area contributed by atoms with Gasteiger partial charge in [-0.2, -0.15) is 4.98 Å². The molecule has 0 fully saturated rings. The van der Waals surface area contributed by atoms with E-state index in [-0.39, 0.29) is 11.9 Å². The molecule has 0 unspecified atom stereocenters. The number of nitrogens with zero attached hydrogens (tertiary/aromatic N) is 6. The molecule has 0 N–H and O–H groups in total. The summed E-state index contributed by atoms with van der Waals surface area (Å²) in [6.45, 7) is 4.17. The molecule has 0 saturated carbocycles. The van der Waals surface area contributed by atoms with Crippen molar-refractivity contribution in [2.24, 2.45) is 0 Å². The van der Waals surface area contributed by atoms with Crippen LogP contribution >= 0.6 is 11.8 Å². The molecule has 7 nitrogen and oxygen atoms in total. The lowest BCUT2D eigenvalue weighted by Gasteiger charge is -2.20. The Bertz CT molecular complexity index is 1170. The van der Waals surface area contributed by atoms with Crippen LogP contribution in [0.2, 0.25) is 0 Å². The lowest BCUT2D eigenvalue weighted by molar-refractivity contribution is 0.305. The fourth-order valence-electron chi connectivity index (χ4n) is 3.16. The highest BCUT2D eigenvalue weighted by Crippen LogP contribution is 2.29. The molecule has 0 radical (unpaired) electrons. The van der Waals surface area contributed by atoms with E-state index in [1.807, 2.05) is 42.6 Å². The molecule has 2 aromatic carbocycles. The van der Waals surface area contributed by atoms with Crippen LogP contribution in [0.3, 0.4) is 0 Å². The molecule has 0 spiro atoms. The molecule has 0 bridgehead atoms. The second-order valence-corrected chi connectivity index (χ2v) is 8.59. The first-order chi connectivity index (χ1) is 15.5. The number of rotatable bonds is 8. The van der Waals surface area contributed by atoms with Crippen molar-refractivity contribution in [2.45, 2.75) is 37.2 Å². The van der Waals surface area contributed by atoms with Crippen LogP contribution in [0.5, 0.6) is 0 Å². The summed E-state index contributed by atoms with van der Waals surface area (Å²) in [7, 11) is 3.96. The van der Waals surface area contributed by atoms with Crippen molar-refractivity contribution < 1.29 is 8.91 Å². The Morgan fingerprint density at radius 2 is 1.78 bits per heavy atom. The first kappa shape index (κ1) is 22.2. The van der Waals surface area contributed by atoms with E-state index >= 15 is 0 Å². The molecule has 0 aliphatic carbocycles. The molecule has 4 rings (SSSR count). The minimum Gasteiger partial charge on any atom is -0.338 e. The molecule has 4 aromatic rings. The first-order valence-corrected chi connectivity index (χ1v) is 11.4. The van der Waals surface area contributed by atoms with Crippen molar-refractivity contribution >= 4 is 11.8 Å². The van der Waals surface area contributed by atoms with E-state index in [9.17, 15) is 4.39 Å². The van der Waals surface area contributed by atoms with Crippen molar-refractivity contribution in [3.63, 3.8) is 0 Å². The fourth-order valence-corrected chi connectivity index (χ4v) is 3.95. The minimum absolute atomic E-state index is 0.0167. The van der Waals surface area contributed by atoms with Crippen molar-refractivity contribution in [2.75, 3.05) is 14.1 Å². The van der Waals surface area contributed by atoms with Crippen molar-refractivity contribution in [1.82, 2.24) is 29.8 Å². The Labute approximate surface area is 190 Å². The third kappa shape index (κ3) is 4.73. The van der Waals surface area contributed by atoms with Gasteiger partial charge in [0.1, 0.15) is 5.82 Å². The SMILES string of the molecule is CCc1ccc(-c2noc(CSc3nnc([C@@H](C)N(C)C)n3-c3ccc(F)cc3)n2)cc1. The minimum atomic E-state index is -0.288. The maximum atomic E-state index is 13.5. The van der Waals surface area contributed by atoms with Crippen LogP contribution in [0, 0.1) is 5.82 Å². The number of aromatic nitrogens is 5. The molecule has 0 saturated heterocycles. The van der Waals surface area contributed by atoms with E-state index in [4.69, 9.17) is 4.52 Å². The summed E-state index contributed by atoms with van der Waals surface area (Å²) >= 11 is 1.44. The van der Waals surface area contributed by atoms with Gasteiger partial charge in [0.2, 0.25) is 11.7 Å². The number of thioether (sulfide) groups is 1. The van der Waals surface area contributed by atoms with Crippen LogP contribution in [-0.2, 0) is 12.2 Å². The zero-order valence-electron chi connectivity index (χ0n) is 18.5. The molecule has 9 heteroatoms. The van der Waals surface area contributed by atoms with Crippen LogP contribution in [0.1, 0.15) is 37.2 Å². The summed E-state index contributed by atoms with van der Waals surface area (Å²) in [5.41, 5.74) is 2.97. The van der Waals surface area contributed by atoms with Crippen LogP contribution in [0.25, 0.3) is 17.1 Å². The molecular formula is C23H25FN6OS. The maximum absolute atomic E-state index is 13.5. The highest BCUT2D eigenvalue weighted by molar-refractivity contribution is 7.98.